The van der Waals surface area contributed by atoms with E-state index in [2.05, 4.69) is 5.32 Å². The van der Waals surface area contributed by atoms with E-state index in [-0.39, 0.29) is 17.4 Å². The summed E-state index contributed by atoms with van der Waals surface area (Å²) in [6.45, 7) is 1.75. The summed E-state index contributed by atoms with van der Waals surface area (Å²) in [5.74, 6) is -0.717. The summed E-state index contributed by atoms with van der Waals surface area (Å²) in [6, 6.07) is 14.4. The first kappa shape index (κ1) is 18.7. The van der Waals surface area contributed by atoms with E-state index in [1.165, 1.54) is 0 Å². The van der Waals surface area contributed by atoms with Gasteiger partial charge in [-0.1, -0.05) is 30.3 Å². The normalized spacial score (nSPS) is 25.6. The van der Waals surface area contributed by atoms with Gasteiger partial charge >= 0.3 is 5.97 Å². The van der Waals surface area contributed by atoms with Crippen molar-refractivity contribution >= 4 is 21.7 Å². The monoisotopic (exact) mass is 399 g/mol. The van der Waals surface area contributed by atoms with Gasteiger partial charge < -0.3 is 10.1 Å². The maximum Gasteiger partial charge on any atom is 0.339 e. The third kappa shape index (κ3) is 3.67. The third-order valence-electron chi connectivity index (χ3n) is 5.33. The van der Waals surface area contributed by atoms with E-state index in [9.17, 15) is 18.0 Å². The topological polar surface area (TPSA) is 89.5 Å². The second kappa shape index (κ2) is 6.74. The molecule has 146 valence electrons. The molecule has 7 heteroatoms. The molecule has 1 saturated heterocycles. The Labute approximate surface area is 163 Å². The van der Waals surface area contributed by atoms with Crippen molar-refractivity contribution in [2.75, 3.05) is 11.5 Å². The predicted octanol–water partition coefficient (Wildman–Crippen LogP) is 2.45. The number of carbonyl (C=O) groups is 2. The molecular formula is C21H21NO5S. The summed E-state index contributed by atoms with van der Waals surface area (Å²) in [5, 5.41) is 2.85. The van der Waals surface area contributed by atoms with Crippen molar-refractivity contribution in [1.82, 2.24) is 5.32 Å². The fraction of sp³-hybridized carbons (Fsp3) is 0.333. The van der Waals surface area contributed by atoms with Gasteiger partial charge in [0.05, 0.1) is 22.6 Å². The Kier molecular flexibility index (Phi) is 4.50. The first-order chi connectivity index (χ1) is 13.2. The second-order valence-corrected chi connectivity index (χ2v) is 9.92. The third-order valence-corrected chi connectivity index (χ3v) is 7.24. The van der Waals surface area contributed by atoms with Crippen molar-refractivity contribution in [2.24, 2.45) is 0 Å². The standard InChI is InChI=1S/C21H21NO5S/c1-21(9-10-28(25,26)13-21)22-19(23)15-7-8-17-16(11-15)12-18(27-20(17)24)14-5-3-2-4-6-14/h2-8,11,18H,9-10,12-13H2,1H3,(H,22,23)/t18-,21-/m0/s1. The lowest BCUT2D eigenvalue weighted by atomic mass is 9.92. The number of amides is 1. The molecule has 6 nitrogen and oxygen atoms in total. The van der Waals surface area contributed by atoms with Crippen LogP contribution in [-0.4, -0.2) is 37.3 Å². The van der Waals surface area contributed by atoms with Crippen LogP contribution in [0.15, 0.2) is 48.5 Å². The largest absolute Gasteiger partial charge is 0.454 e. The van der Waals surface area contributed by atoms with Crippen LogP contribution >= 0.6 is 0 Å². The molecule has 0 bridgehead atoms. The molecule has 28 heavy (non-hydrogen) atoms. The highest BCUT2D eigenvalue weighted by atomic mass is 32.2. The lowest BCUT2D eigenvalue weighted by Crippen LogP contribution is -2.47. The zero-order valence-corrected chi connectivity index (χ0v) is 16.3. The minimum Gasteiger partial charge on any atom is -0.454 e. The smallest absolute Gasteiger partial charge is 0.339 e. The molecule has 0 aliphatic carbocycles. The Morgan fingerprint density at radius 2 is 1.93 bits per heavy atom. The minimum absolute atomic E-state index is 0.0565. The molecule has 1 fully saturated rings. The quantitative estimate of drug-likeness (QED) is 0.801. The molecule has 1 N–H and O–H groups in total. The molecule has 0 spiro atoms. The first-order valence-electron chi connectivity index (χ1n) is 9.17. The number of esters is 1. The zero-order valence-electron chi connectivity index (χ0n) is 15.5. The highest BCUT2D eigenvalue weighted by Crippen LogP contribution is 2.31. The van der Waals surface area contributed by atoms with Gasteiger partial charge in [-0.25, -0.2) is 13.2 Å². The van der Waals surface area contributed by atoms with E-state index in [4.69, 9.17) is 4.74 Å². The van der Waals surface area contributed by atoms with Gasteiger partial charge in [-0.05, 0) is 42.7 Å². The SMILES string of the molecule is C[C@]1(NC(=O)c2ccc3c(c2)C[C@@H](c2ccccc2)OC3=O)CCS(=O)(=O)C1. The number of nitrogens with one attached hydrogen (secondary N) is 1. The van der Waals surface area contributed by atoms with Crippen molar-refractivity contribution in [1.29, 1.82) is 0 Å². The van der Waals surface area contributed by atoms with E-state index < -0.39 is 27.4 Å². The number of fused-ring (bicyclic) bond motifs is 1. The van der Waals surface area contributed by atoms with Crippen LogP contribution in [0.25, 0.3) is 0 Å². The van der Waals surface area contributed by atoms with Gasteiger partial charge in [-0.3, -0.25) is 4.79 Å². The van der Waals surface area contributed by atoms with Gasteiger partial charge in [0.2, 0.25) is 0 Å². The fourth-order valence-electron chi connectivity index (χ4n) is 3.85. The number of hydrogen-bond donors (Lipinski definition) is 1. The van der Waals surface area contributed by atoms with Crippen LogP contribution in [-0.2, 0) is 21.0 Å². The summed E-state index contributed by atoms with van der Waals surface area (Å²) >= 11 is 0. The van der Waals surface area contributed by atoms with E-state index in [0.29, 0.717) is 24.0 Å². The van der Waals surface area contributed by atoms with Gasteiger partial charge in [-0.15, -0.1) is 0 Å². The Hall–Kier alpha value is -2.67. The molecule has 0 saturated carbocycles. The van der Waals surface area contributed by atoms with Crippen LogP contribution in [0.1, 0.15) is 51.3 Å². The minimum atomic E-state index is -3.12. The van der Waals surface area contributed by atoms with Gasteiger partial charge in [0.15, 0.2) is 9.84 Å². The Morgan fingerprint density at radius 1 is 1.18 bits per heavy atom. The maximum atomic E-state index is 12.7. The highest BCUT2D eigenvalue weighted by molar-refractivity contribution is 7.91. The number of hydrogen-bond acceptors (Lipinski definition) is 5. The number of benzene rings is 2. The number of sulfone groups is 1. The van der Waals surface area contributed by atoms with Crippen LogP contribution in [0.2, 0.25) is 0 Å². The van der Waals surface area contributed by atoms with E-state index in [1.807, 2.05) is 30.3 Å². The predicted molar refractivity (Wildman–Crippen MR) is 104 cm³/mol. The van der Waals surface area contributed by atoms with Crippen LogP contribution < -0.4 is 5.32 Å². The van der Waals surface area contributed by atoms with Gasteiger partial charge in [-0.2, -0.15) is 0 Å². The summed E-state index contributed by atoms with van der Waals surface area (Å²) < 4.78 is 29.1. The molecule has 2 atom stereocenters. The molecule has 0 radical (unpaired) electrons. The molecule has 2 aromatic carbocycles. The Balaban J connectivity index is 1.57. The fourth-order valence-corrected chi connectivity index (χ4v) is 5.94. The molecule has 2 aliphatic rings. The van der Waals surface area contributed by atoms with E-state index >= 15 is 0 Å². The van der Waals surface area contributed by atoms with Crippen molar-refractivity contribution in [3.05, 3.63) is 70.8 Å². The van der Waals surface area contributed by atoms with Gasteiger partial charge in [0, 0.05) is 12.0 Å². The molecule has 4 rings (SSSR count). The summed E-state index contributed by atoms with van der Waals surface area (Å²) in [6.07, 6.45) is 0.490. The summed E-state index contributed by atoms with van der Waals surface area (Å²) in [7, 11) is -3.12. The Morgan fingerprint density at radius 3 is 2.61 bits per heavy atom. The van der Waals surface area contributed by atoms with E-state index in [0.717, 1.165) is 11.1 Å². The van der Waals surface area contributed by atoms with Gasteiger partial charge in [0.25, 0.3) is 5.91 Å². The van der Waals surface area contributed by atoms with Crippen molar-refractivity contribution in [3.63, 3.8) is 0 Å². The van der Waals surface area contributed by atoms with Gasteiger partial charge in [0.1, 0.15) is 6.10 Å². The van der Waals surface area contributed by atoms with Crippen LogP contribution in [0, 0.1) is 0 Å². The molecule has 2 aromatic rings. The van der Waals surface area contributed by atoms with Crippen LogP contribution in [0.4, 0.5) is 0 Å². The van der Waals surface area contributed by atoms with Crippen LogP contribution in [0.3, 0.4) is 0 Å². The summed E-state index contributed by atoms with van der Waals surface area (Å²) in [4.78, 5) is 25.1. The molecule has 2 aliphatic heterocycles. The lowest BCUT2D eigenvalue weighted by molar-refractivity contribution is 0.0252. The summed E-state index contributed by atoms with van der Waals surface area (Å²) in [5.41, 5.74) is 1.75. The Bertz CT molecular complexity index is 1050. The molecule has 0 unspecified atom stereocenters. The number of carbonyl (C=O) groups excluding carboxylic acids is 2. The van der Waals surface area contributed by atoms with Crippen LogP contribution in [0.5, 0.6) is 0 Å². The lowest BCUT2D eigenvalue weighted by Gasteiger charge is -2.26. The molecule has 0 aromatic heterocycles. The molecular weight excluding hydrogens is 378 g/mol. The van der Waals surface area contributed by atoms with Crippen molar-refractivity contribution in [3.8, 4) is 0 Å². The number of cyclic esters (lactones) is 1. The zero-order chi connectivity index (χ0) is 19.9. The van der Waals surface area contributed by atoms with Crippen molar-refractivity contribution < 1.29 is 22.7 Å². The number of rotatable bonds is 3. The number of ether oxygens (including phenoxy) is 1. The highest BCUT2D eigenvalue weighted by Gasteiger charge is 2.39. The first-order valence-corrected chi connectivity index (χ1v) is 11.0. The average Bonchev–Trinajstić information content (AvgIpc) is 2.94. The maximum absolute atomic E-state index is 12.7. The van der Waals surface area contributed by atoms with E-state index in [1.54, 1.807) is 25.1 Å². The molecule has 1 amide bonds. The molecule has 2 heterocycles. The average molecular weight is 399 g/mol. The second-order valence-electron chi connectivity index (χ2n) is 7.74. The van der Waals surface area contributed by atoms with Crippen molar-refractivity contribution in [2.45, 2.75) is 31.4 Å².